The molecule has 20 heavy (non-hydrogen) atoms. The quantitative estimate of drug-likeness (QED) is 0.670. The summed E-state index contributed by atoms with van der Waals surface area (Å²) in [6, 6.07) is 12.5. The molecule has 0 amide bonds. The number of nitrogens with zero attached hydrogens (tertiary/aromatic N) is 1. The molecule has 0 aliphatic heterocycles. The second kappa shape index (κ2) is 6.29. The molecule has 6 heteroatoms. The summed E-state index contributed by atoms with van der Waals surface area (Å²) < 4.78 is 5.10. The van der Waals surface area contributed by atoms with Gasteiger partial charge in [-0.1, -0.05) is 11.8 Å². The van der Waals surface area contributed by atoms with Crippen LogP contribution in [0.1, 0.15) is 0 Å². The number of non-ortho nitro benzene ring substituents is 1. The first kappa shape index (κ1) is 14.2. The van der Waals surface area contributed by atoms with E-state index in [2.05, 4.69) is 5.32 Å². The number of methoxy groups -OCH3 is 1. The fraction of sp³-hybridized carbons (Fsp3) is 0.143. The van der Waals surface area contributed by atoms with Crippen molar-refractivity contribution in [1.82, 2.24) is 0 Å². The van der Waals surface area contributed by atoms with Gasteiger partial charge in [-0.05, 0) is 30.3 Å². The Balaban J connectivity index is 2.27. The number of nitro groups is 1. The molecule has 0 bridgehead atoms. The van der Waals surface area contributed by atoms with E-state index in [9.17, 15) is 10.1 Å². The van der Waals surface area contributed by atoms with E-state index in [1.165, 1.54) is 17.8 Å². The first-order valence-corrected chi connectivity index (χ1v) is 6.73. The van der Waals surface area contributed by atoms with Crippen molar-refractivity contribution in [3.05, 3.63) is 52.6 Å². The minimum Gasteiger partial charge on any atom is -0.497 e. The van der Waals surface area contributed by atoms with E-state index in [0.29, 0.717) is 0 Å². The summed E-state index contributed by atoms with van der Waals surface area (Å²) in [5, 5.41) is 13.8. The van der Waals surface area contributed by atoms with Crippen LogP contribution >= 0.6 is 11.8 Å². The Labute approximate surface area is 121 Å². The van der Waals surface area contributed by atoms with E-state index >= 15 is 0 Å². The van der Waals surface area contributed by atoms with Crippen LogP contribution in [0.3, 0.4) is 0 Å². The molecule has 0 unspecified atom stereocenters. The third kappa shape index (κ3) is 3.42. The van der Waals surface area contributed by atoms with E-state index in [-0.39, 0.29) is 10.6 Å². The number of nitrogens with one attached hydrogen (secondary N) is 1. The highest BCUT2D eigenvalue weighted by Gasteiger charge is 2.10. The van der Waals surface area contributed by atoms with Crippen molar-refractivity contribution in [2.24, 2.45) is 0 Å². The standard InChI is InChI=1S/C14H14N2O3S/c1-15-10-7-11(16(17)18)9-14(8-10)20-13-5-3-12(19-2)4-6-13/h3-9,15H,1-2H3. The van der Waals surface area contributed by atoms with Crippen molar-refractivity contribution in [2.45, 2.75) is 9.79 Å². The molecule has 0 heterocycles. The second-order valence-electron chi connectivity index (χ2n) is 4.00. The van der Waals surface area contributed by atoms with Crippen molar-refractivity contribution in [3.63, 3.8) is 0 Å². The number of anilines is 1. The van der Waals surface area contributed by atoms with Gasteiger partial charge in [0.2, 0.25) is 0 Å². The van der Waals surface area contributed by atoms with Crippen LogP contribution < -0.4 is 10.1 Å². The summed E-state index contributed by atoms with van der Waals surface area (Å²) in [5.41, 5.74) is 0.795. The SMILES string of the molecule is CNc1cc(Sc2ccc(OC)cc2)cc([N+](=O)[O-])c1. The fourth-order valence-electron chi connectivity index (χ4n) is 1.67. The van der Waals surface area contributed by atoms with E-state index in [1.807, 2.05) is 30.3 Å². The highest BCUT2D eigenvalue weighted by molar-refractivity contribution is 7.99. The largest absolute Gasteiger partial charge is 0.497 e. The topological polar surface area (TPSA) is 64.4 Å². The van der Waals surface area contributed by atoms with E-state index < -0.39 is 0 Å². The van der Waals surface area contributed by atoms with Crippen LogP contribution in [0.25, 0.3) is 0 Å². The Morgan fingerprint density at radius 1 is 1.15 bits per heavy atom. The zero-order chi connectivity index (χ0) is 14.5. The van der Waals surface area contributed by atoms with Crippen molar-refractivity contribution in [1.29, 1.82) is 0 Å². The maximum Gasteiger partial charge on any atom is 0.272 e. The summed E-state index contributed by atoms with van der Waals surface area (Å²) in [6.45, 7) is 0. The Bertz CT molecular complexity index is 614. The fourth-order valence-corrected chi connectivity index (χ4v) is 2.58. The van der Waals surface area contributed by atoms with Gasteiger partial charge in [-0.25, -0.2) is 0 Å². The summed E-state index contributed by atoms with van der Waals surface area (Å²) in [4.78, 5) is 12.3. The van der Waals surface area contributed by atoms with Crippen LogP contribution in [-0.4, -0.2) is 19.1 Å². The first-order valence-electron chi connectivity index (χ1n) is 5.91. The molecule has 0 spiro atoms. The number of ether oxygens (including phenoxy) is 1. The van der Waals surface area contributed by atoms with Gasteiger partial charge >= 0.3 is 0 Å². The summed E-state index contributed by atoms with van der Waals surface area (Å²) in [7, 11) is 3.35. The normalized spacial score (nSPS) is 10.1. The zero-order valence-electron chi connectivity index (χ0n) is 11.1. The summed E-state index contributed by atoms with van der Waals surface area (Å²) in [6.07, 6.45) is 0. The lowest BCUT2D eigenvalue weighted by Crippen LogP contribution is -1.93. The van der Waals surface area contributed by atoms with Crippen molar-refractivity contribution in [3.8, 4) is 5.75 Å². The van der Waals surface area contributed by atoms with Gasteiger partial charge in [0, 0.05) is 34.7 Å². The Hall–Kier alpha value is -2.21. The minimum absolute atomic E-state index is 0.0767. The van der Waals surface area contributed by atoms with Crippen molar-refractivity contribution >= 4 is 23.1 Å². The molecule has 2 rings (SSSR count). The van der Waals surface area contributed by atoms with Gasteiger partial charge < -0.3 is 10.1 Å². The molecule has 0 saturated heterocycles. The van der Waals surface area contributed by atoms with Gasteiger partial charge in [-0.3, -0.25) is 10.1 Å². The molecular weight excluding hydrogens is 276 g/mol. The van der Waals surface area contributed by atoms with Crippen LogP contribution in [0.2, 0.25) is 0 Å². The highest BCUT2D eigenvalue weighted by Crippen LogP contribution is 2.33. The van der Waals surface area contributed by atoms with Gasteiger partial charge in [0.05, 0.1) is 12.0 Å². The van der Waals surface area contributed by atoms with E-state index in [4.69, 9.17) is 4.74 Å². The van der Waals surface area contributed by atoms with Crippen molar-refractivity contribution < 1.29 is 9.66 Å². The third-order valence-corrected chi connectivity index (χ3v) is 3.67. The second-order valence-corrected chi connectivity index (χ2v) is 5.15. The van der Waals surface area contributed by atoms with Gasteiger partial charge in [-0.15, -0.1) is 0 Å². The number of benzene rings is 2. The maximum atomic E-state index is 10.9. The molecule has 0 aliphatic rings. The molecule has 2 aromatic carbocycles. The van der Waals surface area contributed by atoms with Gasteiger partial charge in [-0.2, -0.15) is 0 Å². The average Bonchev–Trinajstić information content (AvgIpc) is 2.47. The molecular formula is C14H14N2O3S. The summed E-state index contributed by atoms with van der Waals surface area (Å²) >= 11 is 1.47. The van der Waals surface area contributed by atoms with E-state index in [0.717, 1.165) is 21.2 Å². The minimum atomic E-state index is -0.390. The predicted molar refractivity (Wildman–Crippen MR) is 79.8 cm³/mol. The van der Waals surface area contributed by atoms with Crippen LogP contribution in [-0.2, 0) is 0 Å². The maximum absolute atomic E-state index is 10.9. The highest BCUT2D eigenvalue weighted by atomic mass is 32.2. The smallest absolute Gasteiger partial charge is 0.272 e. The monoisotopic (exact) mass is 290 g/mol. The van der Waals surface area contributed by atoms with Gasteiger partial charge in [0.1, 0.15) is 5.75 Å². The molecule has 0 fully saturated rings. The van der Waals surface area contributed by atoms with Gasteiger partial charge in [0.15, 0.2) is 0 Å². The van der Waals surface area contributed by atoms with E-state index in [1.54, 1.807) is 20.2 Å². The van der Waals surface area contributed by atoms with Gasteiger partial charge in [0.25, 0.3) is 5.69 Å². The number of rotatable bonds is 5. The molecule has 2 aromatic rings. The Morgan fingerprint density at radius 2 is 1.85 bits per heavy atom. The Kier molecular flexibility index (Phi) is 4.47. The molecule has 0 aromatic heterocycles. The average molecular weight is 290 g/mol. The van der Waals surface area contributed by atoms with Crippen LogP contribution in [0.4, 0.5) is 11.4 Å². The summed E-state index contributed by atoms with van der Waals surface area (Å²) in [5.74, 6) is 0.782. The lowest BCUT2D eigenvalue weighted by atomic mass is 10.3. The first-order chi connectivity index (χ1) is 9.62. The molecule has 0 aliphatic carbocycles. The molecule has 0 atom stereocenters. The van der Waals surface area contributed by atoms with Crippen LogP contribution in [0, 0.1) is 10.1 Å². The van der Waals surface area contributed by atoms with Crippen molar-refractivity contribution in [2.75, 3.05) is 19.5 Å². The molecule has 0 saturated carbocycles. The Morgan fingerprint density at radius 3 is 2.40 bits per heavy atom. The number of hydrogen-bond acceptors (Lipinski definition) is 5. The molecule has 104 valence electrons. The predicted octanol–water partition coefficient (Wildman–Crippen LogP) is 3.80. The molecule has 5 nitrogen and oxygen atoms in total. The number of hydrogen-bond donors (Lipinski definition) is 1. The zero-order valence-corrected chi connectivity index (χ0v) is 11.9. The lowest BCUT2D eigenvalue weighted by molar-refractivity contribution is -0.385. The van der Waals surface area contributed by atoms with Crippen LogP contribution in [0.15, 0.2) is 52.3 Å². The van der Waals surface area contributed by atoms with Crippen LogP contribution in [0.5, 0.6) is 5.75 Å². The third-order valence-electron chi connectivity index (χ3n) is 2.69. The number of nitro benzene ring substituents is 1. The lowest BCUT2D eigenvalue weighted by Gasteiger charge is -2.06. The molecule has 1 N–H and O–H groups in total. The molecule has 0 radical (unpaired) electrons.